The summed E-state index contributed by atoms with van der Waals surface area (Å²) in [5, 5.41) is 5.84. The van der Waals surface area contributed by atoms with Gasteiger partial charge in [-0.2, -0.15) is 0 Å². The molecule has 0 bridgehead atoms. The molecule has 132 valence electrons. The number of aryl methyl sites for hydroxylation is 1. The van der Waals surface area contributed by atoms with Crippen LogP contribution in [0, 0.1) is 6.92 Å². The van der Waals surface area contributed by atoms with Crippen LogP contribution in [0.2, 0.25) is 0 Å². The predicted octanol–water partition coefficient (Wildman–Crippen LogP) is 1.88. The molecule has 2 aromatic carbocycles. The third-order valence-corrected chi connectivity index (χ3v) is 4.09. The van der Waals surface area contributed by atoms with E-state index in [1.165, 1.54) is 10.5 Å². The molecule has 0 aromatic heterocycles. The summed E-state index contributed by atoms with van der Waals surface area (Å²) in [6.07, 6.45) is 0. The van der Waals surface area contributed by atoms with E-state index in [0.717, 1.165) is 11.1 Å². The molecule has 0 unspecified atom stereocenters. The highest BCUT2D eigenvalue weighted by atomic mass is 16.2. The van der Waals surface area contributed by atoms with Gasteiger partial charge in [0.1, 0.15) is 0 Å². The number of hydrogen-bond donors (Lipinski definition) is 2. The molecule has 0 heterocycles. The highest BCUT2D eigenvalue weighted by Crippen LogP contribution is 2.22. The first-order valence-corrected chi connectivity index (χ1v) is 8.30. The van der Waals surface area contributed by atoms with E-state index in [-0.39, 0.29) is 30.9 Å². The van der Waals surface area contributed by atoms with Gasteiger partial charge in [-0.05, 0) is 18.1 Å². The maximum Gasteiger partial charge on any atom is 0.239 e. The van der Waals surface area contributed by atoms with Gasteiger partial charge in [-0.1, -0.05) is 60.2 Å². The normalized spacial score (nSPS) is 11.6. The van der Waals surface area contributed by atoms with Crippen LogP contribution >= 0.6 is 0 Å². The molecule has 0 aliphatic carbocycles. The van der Waals surface area contributed by atoms with Crippen LogP contribution in [0.4, 0.5) is 0 Å². The minimum absolute atomic E-state index is 0.0531. The number of carbonyl (C=O) groups excluding carboxylic acids is 2. The van der Waals surface area contributed by atoms with E-state index < -0.39 is 0 Å². The van der Waals surface area contributed by atoms with Crippen molar-refractivity contribution in [3.8, 4) is 0 Å². The van der Waals surface area contributed by atoms with Crippen LogP contribution in [-0.2, 0) is 9.59 Å². The van der Waals surface area contributed by atoms with Gasteiger partial charge in [-0.25, -0.2) is 0 Å². The van der Waals surface area contributed by atoms with Crippen molar-refractivity contribution in [2.24, 2.45) is 0 Å². The molecule has 0 aliphatic rings. The van der Waals surface area contributed by atoms with Crippen molar-refractivity contribution in [2.45, 2.75) is 13.0 Å². The second-order valence-corrected chi connectivity index (χ2v) is 6.06. The summed E-state index contributed by atoms with van der Waals surface area (Å²) in [6, 6.07) is 18.2. The van der Waals surface area contributed by atoms with Gasteiger partial charge >= 0.3 is 0 Å². The monoisotopic (exact) mass is 339 g/mol. The SMILES string of the molecule is CNC(=O)CN(C)C(=O)CN[C@@H](c1ccccc1)c1ccc(C)cc1. The number of hydrogen-bond acceptors (Lipinski definition) is 3. The average molecular weight is 339 g/mol. The summed E-state index contributed by atoms with van der Waals surface area (Å²) in [6.45, 7) is 2.25. The van der Waals surface area contributed by atoms with Crippen molar-refractivity contribution in [3.63, 3.8) is 0 Å². The number of nitrogens with one attached hydrogen (secondary N) is 2. The molecular weight excluding hydrogens is 314 g/mol. The highest BCUT2D eigenvalue weighted by molar-refractivity contribution is 5.85. The Morgan fingerprint density at radius 2 is 1.60 bits per heavy atom. The van der Waals surface area contributed by atoms with Crippen molar-refractivity contribution < 1.29 is 9.59 Å². The molecular formula is C20H25N3O2. The summed E-state index contributed by atoms with van der Waals surface area (Å²) < 4.78 is 0. The zero-order chi connectivity index (χ0) is 18.2. The van der Waals surface area contributed by atoms with E-state index in [9.17, 15) is 9.59 Å². The highest BCUT2D eigenvalue weighted by Gasteiger charge is 2.17. The fraction of sp³-hybridized carbons (Fsp3) is 0.300. The Balaban J connectivity index is 2.10. The van der Waals surface area contributed by atoms with E-state index in [0.29, 0.717) is 0 Å². The number of benzene rings is 2. The number of likely N-dealkylation sites (N-methyl/N-ethyl adjacent to an activating group) is 2. The van der Waals surface area contributed by atoms with Crippen molar-refractivity contribution in [1.82, 2.24) is 15.5 Å². The van der Waals surface area contributed by atoms with E-state index in [1.54, 1.807) is 14.1 Å². The molecule has 0 saturated heterocycles. The quantitative estimate of drug-likeness (QED) is 0.810. The molecule has 5 nitrogen and oxygen atoms in total. The first kappa shape index (κ1) is 18.7. The topological polar surface area (TPSA) is 61.4 Å². The Bertz CT molecular complexity index is 699. The molecule has 2 rings (SSSR count). The maximum atomic E-state index is 12.3. The summed E-state index contributed by atoms with van der Waals surface area (Å²) in [4.78, 5) is 25.1. The lowest BCUT2D eigenvalue weighted by molar-refractivity contribution is -0.133. The van der Waals surface area contributed by atoms with Crippen LogP contribution in [0.1, 0.15) is 22.7 Å². The fourth-order valence-corrected chi connectivity index (χ4v) is 2.54. The van der Waals surface area contributed by atoms with Crippen LogP contribution in [0.3, 0.4) is 0 Å². The molecule has 5 heteroatoms. The van der Waals surface area contributed by atoms with Gasteiger partial charge < -0.3 is 10.2 Å². The first-order chi connectivity index (χ1) is 12.0. The van der Waals surface area contributed by atoms with Crippen molar-refractivity contribution in [1.29, 1.82) is 0 Å². The van der Waals surface area contributed by atoms with Gasteiger partial charge in [0, 0.05) is 14.1 Å². The Hall–Kier alpha value is -2.66. The summed E-state index contributed by atoms with van der Waals surface area (Å²) in [5.74, 6) is -0.314. The predicted molar refractivity (Wildman–Crippen MR) is 99.2 cm³/mol. The van der Waals surface area contributed by atoms with Gasteiger partial charge in [-0.3, -0.25) is 14.9 Å². The minimum Gasteiger partial charge on any atom is -0.358 e. The zero-order valence-electron chi connectivity index (χ0n) is 15.0. The fourth-order valence-electron chi connectivity index (χ4n) is 2.54. The number of amides is 2. The molecule has 2 aromatic rings. The largest absolute Gasteiger partial charge is 0.358 e. The number of carbonyl (C=O) groups is 2. The minimum atomic E-state index is -0.186. The Labute approximate surface area is 149 Å². The second-order valence-electron chi connectivity index (χ2n) is 6.06. The van der Waals surface area contributed by atoms with Crippen molar-refractivity contribution in [3.05, 3.63) is 71.3 Å². The van der Waals surface area contributed by atoms with Crippen LogP contribution in [0.15, 0.2) is 54.6 Å². The second kappa shape index (κ2) is 8.99. The standard InChI is InChI=1S/C20H25N3O2/c1-15-9-11-17(12-10-15)20(16-7-5-4-6-8-16)22-13-19(25)23(3)14-18(24)21-2/h4-12,20,22H,13-14H2,1-3H3,(H,21,24)/t20-/m0/s1. The van der Waals surface area contributed by atoms with Crippen molar-refractivity contribution in [2.75, 3.05) is 27.2 Å². The first-order valence-electron chi connectivity index (χ1n) is 8.30. The molecule has 1 atom stereocenters. The molecule has 0 aliphatic heterocycles. The van der Waals surface area contributed by atoms with Gasteiger partial charge in [0.05, 0.1) is 19.1 Å². The molecule has 0 fully saturated rings. The van der Waals surface area contributed by atoms with E-state index in [1.807, 2.05) is 37.3 Å². The van der Waals surface area contributed by atoms with Gasteiger partial charge in [0.15, 0.2) is 0 Å². The zero-order valence-corrected chi connectivity index (χ0v) is 15.0. The maximum absolute atomic E-state index is 12.3. The van der Waals surface area contributed by atoms with E-state index >= 15 is 0 Å². The lowest BCUT2D eigenvalue weighted by Crippen LogP contribution is -2.42. The van der Waals surface area contributed by atoms with Gasteiger partial charge in [-0.15, -0.1) is 0 Å². The Kier molecular flexibility index (Phi) is 6.71. The van der Waals surface area contributed by atoms with Crippen molar-refractivity contribution >= 4 is 11.8 Å². The van der Waals surface area contributed by atoms with E-state index in [2.05, 4.69) is 34.9 Å². The van der Waals surface area contributed by atoms with Crippen LogP contribution in [0.5, 0.6) is 0 Å². The smallest absolute Gasteiger partial charge is 0.239 e. The Morgan fingerprint density at radius 1 is 1.00 bits per heavy atom. The third-order valence-electron chi connectivity index (χ3n) is 4.09. The lowest BCUT2D eigenvalue weighted by atomic mass is 9.98. The molecule has 0 saturated carbocycles. The molecule has 2 amide bonds. The summed E-state index contributed by atoms with van der Waals surface area (Å²) in [7, 11) is 3.18. The van der Waals surface area contributed by atoms with Gasteiger partial charge in [0.2, 0.25) is 11.8 Å². The van der Waals surface area contributed by atoms with Crippen LogP contribution < -0.4 is 10.6 Å². The molecule has 25 heavy (non-hydrogen) atoms. The molecule has 2 N–H and O–H groups in total. The van der Waals surface area contributed by atoms with Gasteiger partial charge in [0.25, 0.3) is 0 Å². The third kappa shape index (κ3) is 5.43. The lowest BCUT2D eigenvalue weighted by Gasteiger charge is -2.22. The summed E-state index contributed by atoms with van der Waals surface area (Å²) in [5.41, 5.74) is 3.38. The molecule has 0 spiro atoms. The summed E-state index contributed by atoms with van der Waals surface area (Å²) >= 11 is 0. The number of nitrogens with zero attached hydrogens (tertiary/aromatic N) is 1. The average Bonchev–Trinajstić information content (AvgIpc) is 2.63. The number of rotatable bonds is 7. The van der Waals surface area contributed by atoms with Crippen LogP contribution in [-0.4, -0.2) is 43.9 Å². The molecule has 0 radical (unpaired) electrons. The Morgan fingerprint density at radius 3 is 2.20 bits per heavy atom. The van der Waals surface area contributed by atoms with Crippen LogP contribution in [0.25, 0.3) is 0 Å². The van der Waals surface area contributed by atoms with E-state index in [4.69, 9.17) is 0 Å².